The highest BCUT2D eigenvalue weighted by molar-refractivity contribution is 5.89. The van der Waals surface area contributed by atoms with Crippen LogP contribution in [0.4, 0.5) is 5.69 Å². The van der Waals surface area contributed by atoms with Gasteiger partial charge in [-0.15, -0.1) is 0 Å². The number of azide groups is 1. The maximum atomic E-state index is 11.3. The SMILES string of the molecule is COC(=O)c1ccc(N(C)CCC(CN=[N+]=[N-])=NO)cc1. The van der Waals surface area contributed by atoms with Gasteiger partial charge in [0.2, 0.25) is 0 Å². The minimum absolute atomic E-state index is 0.0438. The van der Waals surface area contributed by atoms with Crippen molar-refractivity contribution in [1.29, 1.82) is 0 Å². The van der Waals surface area contributed by atoms with Crippen molar-refractivity contribution in [3.05, 3.63) is 40.3 Å². The van der Waals surface area contributed by atoms with E-state index in [1.165, 1.54) is 7.11 Å². The van der Waals surface area contributed by atoms with E-state index in [4.69, 9.17) is 10.7 Å². The van der Waals surface area contributed by atoms with Crippen LogP contribution in [0.15, 0.2) is 34.5 Å². The van der Waals surface area contributed by atoms with Crippen LogP contribution in [0.1, 0.15) is 16.8 Å². The number of ether oxygens (including phenoxy) is 1. The fraction of sp³-hybridized carbons (Fsp3) is 0.385. The monoisotopic (exact) mass is 291 g/mol. The highest BCUT2D eigenvalue weighted by atomic mass is 16.5. The zero-order valence-corrected chi connectivity index (χ0v) is 11.9. The Hall–Kier alpha value is -2.73. The summed E-state index contributed by atoms with van der Waals surface area (Å²) in [5.41, 5.74) is 10.0. The lowest BCUT2D eigenvalue weighted by molar-refractivity contribution is 0.0601. The molecule has 1 aromatic carbocycles. The third-order valence-corrected chi connectivity index (χ3v) is 2.92. The summed E-state index contributed by atoms with van der Waals surface area (Å²) in [5.74, 6) is -0.381. The minimum atomic E-state index is -0.381. The van der Waals surface area contributed by atoms with Gasteiger partial charge in [0, 0.05) is 30.6 Å². The standard InChI is InChI=1S/C13H17N5O3/c1-18(8-7-11(16-20)9-15-17-14)12-5-3-10(4-6-12)13(19)21-2/h3-6,20H,7-9H2,1-2H3. The number of esters is 1. The van der Waals surface area contributed by atoms with Gasteiger partial charge in [0.1, 0.15) is 0 Å². The van der Waals surface area contributed by atoms with Crippen LogP contribution in [0.25, 0.3) is 10.4 Å². The molecule has 0 spiro atoms. The second-order valence-corrected chi connectivity index (χ2v) is 4.27. The molecule has 0 aliphatic carbocycles. The number of nitrogens with zero attached hydrogens (tertiary/aromatic N) is 5. The second kappa shape index (κ2) is 8.44. The first kappa shape index (κ1) is 16.3. The Morgan fingerprint density at radius 1 is 1.43 bits per heavy atom. The molecular weight excluding hydrogens is 274 g/mol. The summed E-state index contributed by atoms with van der Waals surface area (Å²) in [6, 6.07) is 6.96. The molecule has 0 unspecified atom stereocenters. The molecule has 8 nitrogen and oxygen atoms in total. The number of carbonyl (C=O) groups is 1. The van der Waals surface area contributed by atoms with E-state index in [0.717, 1.165) is 5.69 Å². The third-order valence-electron chi connectivity index (χ3n) is 2.92. The second-order valence-electron chi connectivity index (χ2n) is 4.27. The normalized spacial score (nSPS) is 10.7. The zero-order chi connectivity index (χ0) is 15.7. The van der Waals surface area contributed by atoms with Crippen LogP contribution in [0.2, 0.25) is 0 Å². The lowest BCUT2D eigenvalue weighted by atomic mass is 10.2. The fourth-order valence-electron chi connectivity index (χ4n) is 1.67. The molecule has 21 heavy (non-hydrogen) atoms. The van der Waals surface area contributed by atoms with E-state index in [9.17, 15) is 4.79 Å². The van der Waals surface area contributed by atoms with Crippen LogP contribution in [0, 0.1) is 0 Å². The molecule has 112 valence electrons. The largest absolute Gasteiger partial charge is 0.465 e. The summed E-state index contributed by atoms with van der Waals surface area (Å²) in [5, 5.41) is 15.3. The van der Waals surface area contributed by atoms with Gasteiger partial charge in [0.25, 0.3) is 0 Å². The molecule has 1 aromatic rings. The number of benzene rings is 1. The average Bonchev–Trinajstić information content (AvgIpc) is 2.54. The first-order valence-corrected chi connectivity index (χ1v) is 6.22. The predicted octanol–water partition coefficient (Wildman–Crippen LogP) is 2.44. The Kier molecular flexibility index (Phi) is 6.56. The van der Waals surface area contributed by atoms with Gasteiger partial charge in [0.15, 0.2) is 0 Å². The molecule has 0 saturated carbocycles. The van der Waals surface area contributed by atoms with Gasteiger partial charge in [0.05, 0.1) is 24.9 Å². The van der Waals surface area contributed by atoms with Gasteiger partial charge in [-0.25, -0.2) is 4.79 Å². The maximum absolute atomic E-state index is 11.3. The topological polar surface area (TPSA) is 111 Å². The first-order chi connectivity index (χ1) is 10.1. The van der Waals surface area contributed by atoms with Crippen LogP contribution in [0.3, 0.4) is 0 Å². The van der Waals surface area contributed by atoms with Crippen molar-refractivity contribution in [2.75, 3.05) is 32.1 Å². The van der Waals surface area contributed by atoms with Crippen LogP contribution in [-0.4, -0.2) is 44.1 Å². The van der Waals surface area contributed by atoms with Gasteiger partial charge >= 0.3 is 5.97 Å². The summed E-state index contributed by atoms with van der Waals surface area (Å²) in [6.07, 6.45) is 0.463. The molecular formula is C13H17N5O3. The number of hydrogen-bond acceptors (Lipinski definition) is 6. The summed E-state index contributed by atoms with van der Waals surface area (Å²) < 4.78 is 4.63. The van der Waals surface area contributed by atoms with Crippen LogP contribution < -0.4 is 4.90 Å². The van der Waals surface area contributed by atoms with E-state index in [0.29, 0.717) is 24.2 Å². The van der Waals surface area contributed by atoms with E-state index in [2.05, 4.69) is 19.9 Å². The van der Waals surface area contributed by atoms with E-state index in [-0.39, 0.29) is 12.5 Å². The van der Waals surface area contributed by atoms with E-state index >= 15 is 0 Å². The Morgan fingerprint density at radius 3 is 2.62 bits per heavy atom. The molecule has 0 heterocycles. The van der Waals surface area contributed by atoms with Gasteiger partial charge in [-0.3, -0.25) is 0 Å². The molecule has 0 radical (unpaired) electrons. The zero-order valence-electron chi connectivity index (χ0n) is 11.9. The number of carbonyl (C=O) groups excluding carboxylic acids is 1. The van der Waals surface area contributed by atoms with Crippen LogP contribution in [-0.2, 0) is 4.74 Å². The summed E-state index contributed by atoms with van der Waals surface area (Å²) in [6.45, 7) is 0.625. The molecule has 0 amide bonds. The van der Waals surface area contributed by atoms with Gasteiger partial charge in [-0.05, 0) is 29.8 Å². The number of oxime groups is 1. The van der Waals surface area contributed by atoms with Gasteiger partial charge in [-0.1, -0.05) is 10.3 Å². The van der Waals surface area contributed by atoms with Gasteiger partial charge in [-0.2, -0.15) is 0 Å². The fourth-order valence-corrected chi connectivity index (χ4v) is 1.67. The number of hydrogen-bond donors (Lipinski definition) is 1. The summed E-state index contributed by atoms with van der Waals surface area (Å²) >= 11 is 0. The summed E-state index contributed by atoms with van der Waals surface area (Å²) in [7, 11) is 3.21. The molecule has 8 heteroatoms. The quantitative estimate of drug-likeness (QED) is 0.158. The first-order valence-electron chi connectivity index (χ1n) is 6.22. The van der Waals surface area contributed by atoms with Crippen molar-refractivity contribution in [3.63, 3.8) is 0 Å². The maximum Gasteiger partial charge on any atom is 0.337 e. The van der Waals surface area contributed by atoms with Crippen molar-refractivity contribution in [2.45, 2.75) is 6.42 Å². The van der Waals surface area contributed by atoms with Crippen molar-refractivity contribution in [1.82, 2.24) is 0 Å². The lowest BCUT2D eigenvalue weighted by Gasteiger charge is -2.19. The van der Waals surface area contributed by atoms with Crippen molar-refractivity contribution in [3.8, 4) is 0 Å². The Labute approximate surface area is 122 Å². The number of methoxy groups -OCH3 is 1. The predicted molar refractivity (Wildman–Crippen MR) is 78.9 cm³/mol. The average molecular weight is 291 g/mol. The lowest BCUT2D eigenvalue weighted by Crippen LogP contribution is -2.22. The number of rotatable bonds is 7. The van der Waals surface area contributed by atoms with E-state index in [1.807, 2.05) is 11.9 Å². The molecule has 1 rings (SSSR count). The van der Waals surface area contributed by atoms with Crippen molar-refractivity contribution >= 4 is 17.4 Å². The molecule has 0 aliphatic heterocycles. The van der Waals surface area contributed by atoms with E-state index in [1.54, 1.807) is 24.3 Å². The van der Waals surface area contributed by atoms with Crippen molar-refractivity contribution < 1.29 is 14.7 Å². The Balaban J connectivity index is 2.61. The van der Waals surface area contributed by atoms with Crippen LogP contribution in [0.5, 0.6) is 0 Å². The Bertz CT molecular complexity index is 549. The summed E-state index contributed by atoms with van der Waals surface area (Å²) in [4.78, 5) is 15.9. The molecule has 0 fully saturated rings. The Morgan fingerprint density at radius 2 is 2.10 bits per heavy atom. The molecule has 0 saturated heterocycles. The smallest absolute Gasteiger partial charge is 0.337 e. The molecule has 0 bridgehead atoms. The third kappa shape index (κ3) is 5.04. The number of anilines is 1. The minimum Gasteiger partial charge on any atom is -0.465 e. The van der Waals surface area contributed by atoms with Gasteiger partial charge < -0.3 is 14.8 Å². The van der Waals surface area contributed by atoms with Crippen molar-refractivity contribution in [2.24, 2.45) is 10.3 Å². The molecule has 0 aromatic heterocycles. The molecule has 1 N–H and O–H groups in total. The molecule has 0 atom stereocenters. The van der Waals surface area contributed by atoms with E-state index < -0.39 is 0 Å². The van der Waals surface area contributed by atoms with Crippen LogP contribution >= 0.6 is 0 Å². The molecule has 0 aliphatic rings. The highest BCUT2D eigenvalue weighted by Crippen LogP contribution is 2.14. The highest BCUT2D eigenvalue weighted by Gasteiger charge is 2.07.